The number of carbonyl (C=O) groups is 1. The summed E-state index contributed by atoms with van der Waals surface area (Å²) in [5.41, 5.74) is 1.11. The maximum Gasteiger partial charge on any atom is 0.315 e. The first-order valence-corrected chi connectivity index (χ1v) is 10.5. The molecule has 1 amide bonds. The largest absolute Gasteiger partial charge is 0.595 e. The molecule has 2 aliphatic rings. The van der Waals surface area contributed by atoms with Crippen molar-refractivity contribution in [3.05, 3.63) is 75.6 Å². The van der Waals surface area contributed by atoms with Crippen LogP contribution in [0.25, 0.3) is 0 Å². The summed E-state index contributed by atoms with van der Waals surface area (Å²) in [7, 11) is 0. The van der Waals surface area contributed by atoms with Gasteiger partial charge in [-0.05, 0) is 34.4 Å². The third-order valence-electron chi connectivity index (χ3n) is 6.39. The maximum absolute atomic E-state index is 13.6. The van der Waals surface area contributed by atoms with E-state index in [0.29, 0.717) is 26.1 Å². The van der Waals surface area contributed by atoms with Gasteiger partial charge in [0.25, 0.3) is 0 Å². The summed E-state index contributed by atoms with van der Waals surface area (Å²) < 4.78 is 3.07. The second-order valence-electron chi connectivity index (χ2n) is 8.43. The number of piperidine rings is 1. The summed E-state index contributed by atoms with van der Waals surface area (Å²) >= 11 is 0. The van der Waals surface area contributed by atoms with Crippen molar-refractivity contribution in [2.45, 2.75) is 31.3 Å². The van der Waals surface area contributed by atoms with Crippen molar-refractivity contribution in [2.24, 2.45) is 5.92 Å². The molecule has 166 valence electrons. The van der Waals surface area contributed by atoms with Crippen LogP contribution in [0.3, 0.4) is 0 Å². The molecule has 2 bridgehead atoms. The number of aromatic nitrogens is 5. The molecule has 4 atom stereocenters. The molecule has 2 N–H and O–H groups in total. The molecule has 1 fully saturated rings. The number of hydrogen-bond donors (Lipinski definition) is 2. The van der Waals surface area contributed by atoms with E-state index in [-0.39, 0.29) is 23.4 Å². The minimum Gasteiger partial charge on any atom is -0.595 e. The molecule has 0 aliphatic carbocycles. The minimum atomic E-state index is -1.22. The van der Waals surface area contributed by atoms with Gasteiger partial charge in [-0.2, -0.15) is 5.23 Å². The molecule has 11 heteroatoms. The third-order valence-corrected chi connectivity index (χ3v) is 6.39. The van der Waals surface area contributed by atoms with E-state index < -0.39 is 16.8 Å². The Morgan fingerprint density at radius 3 is 2.72 bits per heavy atom. The number of quaternary nitrogens is 1. The van der Waals surface area contributed by atoms with Crippen LogP contribution in [0.1, 0.15) is 29.6 Å². The number of nitrogens with one attached hydrogen (secondary N) is 1. The minimum absolute atomic E-state index is 0.0201. The number of hydrogen-bond acceptors (Lipinski definition) is 7. The number of fused-ring (bicyclic) bond motifs is 4. The SMILES string of the molecule is O=C([C@H](Cc1ccccc1)n1cnnn1)N1C[C@H]2C[C@@H](C1)c1ccc([NH+]([O-])O)c(=O)n1C2. The van der Waals surface area contributed by atoms with Crippen LogP contribution in [0.15, 0.2) is 53.6 Å². The van der Waals surface area contributed by atoms with Crippen LogP contribution in [0.2, 0.25) is 0 Å². The van der Waals surface area contributed by atoms with E-state index in [0.717, 1.165) is 17.7 Å². The van der Waals surface area contributed by atoms with E-state index in [4.69, 9.17) is 0 Å². The van der Waals surface area contributed by atoms with E-state index in [1.807, 2.05) is 35.2 Å². The average molecular weight is 437 g/mol. The number of carbonyl (C=O) groups excluding carboxylic acids is 1. The summed E-state index contributed by atoms with van der Waals surface area (Å²) in [5.74, 6) is 0.000222. The highest BCUT2D eigenvalue weighted by Gasteiger charge is 2.39. The number of benzene rings is 1. The summed E-state index contributed by atoms with van der Waals surface area (Å²) in [6.07, 6.45) is 2.79. The van der Waals surface area contributed by atoms with Crippen molar-refractivity contribution in [3.8, 4) is 0 Å². The lowest BCUT2D eigenvalue weighted by Gasteiger charge is -2.43. The fraction of sp³-hybridized carbons (Fsp3) is 0.381. The van der Waals surface area contributed by atoms with Gasteiger partial charge < -0.3 is 14.7 Å². The third kappa shape index (κ3) is 3.70. The number of pyridine rings is 1. The smallest absolute Gasteiger partial charge is 0.315 e. The quantitative estimate of drug-likeness (QED) is 0.522. The van der Waals surface area contributed by atoms with E-state index in [9.17, 15) is 20.0 Å². The fourth-order valence-electron chi connectivity index (χ4n) is 4.94. The van der Waals surface area contributed by atoms with Crippen LogP contribution in [0, 0.1) is 11.1 Å². The van der Waals surface area contributed by atoms with Gasteiger partial charge in [0.2, 0.25) is 11.6 Å². The predicted molar refractivity (Wildman–Crippen MR) is 111 cm³/mol. The molecule has 32 heavy (non-hydrogen) atoms. The topological polar surface area (TPSA) is 134 Å². The zero-order chi connectivity index (χ0) is 22.2. The van der Waals surface area contributed by atoms with Gasteiger partial charge in [-0.1, -0.05) is 30.3 Å². The highest BCUT2D eigenvalue weighted by atomic mass is 16.8. The molecule has 2 aliphatic heterocycles. The molecule has 11 nitrogen and oxygen atoms in total. The molecule has 1 aromatic carbocycles. The molecule has 3 aromatic rings. The van der Waals surface area contributed by atoms with Gasteiger partial charge in [-0.15, -0.1) is 5.10 Å². The van der Waals surface area contributed by atoms with Gasteiger partial charge in [0.05, 0.1) is 0 Å². The highest BCUT2D eigenvalue weighted by molar-refractivity contribution is 5.81. The van der Waals surface area contributed by atoms with Crippen LogP contribution >= 0.6 is 0 Å². The van der Waals surface area contributed by atoms with Crippen molar-refractivity contribution in [1.29, 1.82) is 0 Å². The Morgan fingerprint density at radius 1 is 1.19 bits per heavy atom. The summed E-state index contributed by atoms with van der Waals surface area (Å²) in [4.78, 5) is 28.1. The first-order valence-electron chi connectivity index (χ1n) is 10.5. The molecule has 5 rings (SSSR count). The van der Waals surface area contributed by atoms with Gasteiger partial charge in [-0.3, -0.25) is 9.59 Å². The van der Waals surface area contributed by atoms with Crippen LogP contribution in [0.5, 0.6) is 0 Å². The normalized spacial score (nSPS) is 21.6. The standard InChI is InChI=1S/C21H23N7O4/c29-20(19(27-13-22-23-24-27)9-14-4-2-1-3-5-14)25-10-15-8-16(12-25)17-6-7-18(28(31)32)21(30)26(17)11-15/h1-7,13,15-16,19,28,31H,8-12H2/t15-,16+,19+/m1/s1. The van der Waals surface area contributed by atoms with Crippen LogP contribution < -0.4 is 10.8 Å². The zero-order valence-electron chi connectivity index (χ0n) is 17.2. The fourth-order valence-corrected chi connectivity index (χ4v) is 4.94. The zero-order valence-corrected chi connectivity index (χ0v) is 17.2. The van der Waals surface area contributed by atoms with Crippen molar-refractivity contribution >= 4 is 11.6 Å². The Bertz CT molecular complexity index is 1160. The number of rotatable bonds is 5. The Hall–Kier alpha value is -3.41. The van der Waals surface area contributed by atoms with Crippen LogP contribution in [0.4, 0.5) is 5.69 Å². The highest BCUT2D eigenvalue weighted by Crippen LogP contribution is 2.36. The molecule has 0 saturated carbocycles. The molecule has 0 radical (unpaired) electrons. The second-order valence-corrected chi connectivity index (χ2v) is 8.43. The number of tetrazole rings is 1. The van der Waals surface area contributed by atoms with Crippen molar-refractivity contribution in [1.82, 2.24) is 29.7 Å². The molecule has 1 unspecified atom stereocenters. The van der Waals surface area contributed by atoms with Crippen LogP contribution in [-0.2, 0) is 17.8 Å². The average Bonchev–Trinajstić information content (AvgIpc) is 3.33. The lowest BCUT2D eigenvalue weighted by Crippen LogP contribution is -3.00. The molecule has 2 aromatic heterocycles. The van der Waals surface area contributed by atoms with Gasteiger partial charge in [0.1, 0.15) is 12.4 Å². The first kappa shape index (κ1) is 20.5. The van der Waals surface area contributed by atoms with Crippen molar-refractivity contribution in [3.63, 3.8) is 0 Å². The number of nitrogens with zero attached hydrogens (tertiary/aromatic N) is 6. The Labute approximate surface area is 183 Å². The summed E-state index contributed by atoms with van der Waals surface area (Å²) in [6, 6.07) is 12.3. The van der Waals surface area contributed by atoms with E-state index in [2.05, 4.69) is 15.5 Å². The Morgan fingerprint density at radius 2 is 2.00 bits per heavy atom. The Balaban J connectivity index is 1.42. The van der Waals surface area contributed by atoms with Gasteiger partial charge in [0.15, 0.2) is 0 Å². The first-order chi connectivity index (χ1) is 15.5. The lowest BCUT2D eigenvalue weighted by atomic mass is 9.82. The number of likely N-dealkylation sites (tertiary alicyclic amines) is 1. The van der Waals surface area contributed by atoms with Gasteiger partial charge in [-0.25, -0.2) is 9.89 Å². The number of amides is 1. The predicted octanol–water partition coefficient (Wildman–Crippen LogP) is -0.332. The van der Waals surface area contributed by atoms with Crippen LogP contribution in [-0.4, -0.2) is 53.9 Å². The van der Waals surface area contributed by atoms with E-state index in [1.165, 1.54) is 17.1 Å². The maximum atomic E-state index is 13.6. The molecule has 0 spiro atoms. The summed E-state index contributed by atoms with van der Waals surface area (Å²) in [6.45, 7) is 1.38. The van der Waals surface area contributed by atoms with E-state index in [1.54, 1.807) is 10.6 Å². The molecular formula is C21H23N7O4. The molecule has 4 heterocycles. The Kier molecular flexibility index (Phi) is 5.29. The van der Waals surface area contributed by atoms with Crippen molar-refractivity contribution < 1.29 is 15.2 Å². The van der Waals surface area contributed by atoms with Gasteiger partial charge in [0, 0.05) is 43.7 Å². The molecule has 1 saturated heterocycles. The monoisotopic (exact) mass is 437 g/mol. The summed E-state index contributed by atoms with van der Waals surface area (Å²) in [5, 5.41) is 30.8. The second kappa shape index (κ2) is 8.26. The van der Waals surface area contributed by atoms with Gasteiger partial charge >= 0.3 is 5.56 Å². The lowest BCUT2D eigenvalue weighted by molar-refractivity contribution is -0.992. The molecular weight excluding hydrogens is 414 g/mol. The van der Waals surface area contributed by atoms with Crippen molar-refractivity contribution in [2.75, 3.05) is 13.1 Å². The van der Waals surface area contributed by atoms with E-state index >= 15 is 0 Å².